The Morgan fingerprint density at radius 2 is 1.91 bits per heavy atom. The maximum Gasteiger partial charge on any atom is 0.174 e. The SMILES string of the molecule is C=C(C)C(Cc1c(OC)cc(O)c2c1O[C@H](c1ccc(O)cc1O)CC2=O)CC(O)C(C)(C)O. The van der Waals surface area contributed by atoms with Crippen LogP contribution in [0.3, 0.4) is 0 Å². The maximum absolute atomic E-state index is 13.0. The third-order valence-electron chi connectivity index (χ3n) is 6.28. The quantitative estimate of drug-likeness (QED) is 0.366. The van der Waals surface area contributed by atoms with Gasteiger partial charge in [-0.1, -0.05) is 12.2 Å². The van der Waals surface area contributed by atoms with Gasteiger partial charge in [0.25, 0.3) is 0 Å². The van der Waals surface area contributed by atoms with E-state index in [0.29, 0.717) is 16.9 Å². The van der Waals surface area contributed by atoms with Crippen LogP contribution in [0.2, 0.25) is 0 Å². The normalized spacial score (nSPS) is 17.5. The number of benzene rings is 2. The Labute approximate surface area is 198 Å². The van der Waals surface area contributed by atoms with Crippen molar-refractivity contribution in [3.05, 3.63) is 53.1 Å². The summed E-state index contributed by atoms with van der Waals surface area (Å²) in [7, 11) is 1.43. The average molecular weight is 473 g/mol. The number of aliphatic hydroxyl groups is 2. The number of carbonyl (C=O) groups is 1. The van der Waals surface area contributed by atoms with Gasteiger partial charge in [0.05, 0.1) is 25.2 Å². The highest BCUT2D eigenvalue weighted by atomic mass is 16.5. The lowest BCUT2D eigenvalue weighted by molar-refractivity contribution is -0.0563. The molecule has 0 saturated heterocycles. The van der Waals surface area contributed by atoms with Crippen molar-refractivity contribution in [3.63, 3.8) is 0 Å². The molecule has 0 saturated carbocycles. The largest absolute Gasteiger partial charge is 0.508 e. The van der Waals surface area contributed by atoms with Gasteiger partial charge in [0.2, 0.25) is 0 Å². The molecular formula is C26H32O8. The van der Waals surface area contributed by atoms with Gasteiger partial charge in [-0.3, -0.25) is 4.79 Å². The number of ether oxygens (including phenoxy) is 2. The van der Waals surface area contributed by atoms with Crippen LogP contribution in [0.5, 0.6) is 28.7 Å². The van der Waals surface area contributed by atoms with E-state index >= 15 is 0 Å². The van der Waals surface area contributed by atoms with Gasteiger partial charge in [0, 0.05) is 23.3 Å². The van der Waals surface area contributed by atoms with E-state index in [2.05, 4.69) is 6.58 Å². The number of phenols is 3. The zero-order valence-electron chi connectivity index (χ0n) is 19.8. The second-order valence-corrected chi connectivity index (χ2v) is 9.41. The summed E-state index contributed by atoms with van der Waals surface area (Å²) in [4.78, 5) is 13.0. The van der Waals surface area contributed by atoms with Crippen LogP contribution in [-0.2, 0) is 6.42 Å². The standard InChI is InChI=1S/C26H32O8/c1-13(2)14(9-23(31)26(3,4)32)8-17-21(33-5)11-19(29)24-20(30)12-22(34-25(17)24)16-7-6-15(27)10-18(16)28/h6-7,10-11,14,22-23,27-29,31-32H,1,8-9,12H2,2-5H3/t14?,22-,23?/m0/s1. The molecule has 0 spiro atoms. The van der Waals surface area contributed by atoms with Crippen molar-refractivity contribution in [2.45, 2.75) is 57.8 Å². The minimum absolute atomic E-state index is 0.0221. The van der Waals surface area contributed by atoms with Crippen LogP contribution < -0.4 is 9.47 Å². The molecule has 1 aliphatic rings. The smallest absolute Gasteiger partial charge is 0.174 e. The van der Waals surface area contributed by atoms with E-state index in [9.17, 15) is 30.3 Å². The van der Waals surface area contributed by atoms with Crippen LogP contribution in [0, 0.1) is 5.92 Å². The van der Waals surface area contributed by atoms with Crippen LogP contribution in [-0.4, -0.2) is 50.1 Å². The Hall–Kier alpha value is -3.23. The van der Waals surface area contributed by atoms with Gasteiger partial charge in [-0.15, -0.1) is 0 Å². The lowest BCUT2D eigenvalue weighted by atomic mass is 9.83. The highest BCUT2D eigenvalue weighted by Gasteiger charge is 2.36. The van der Waals surface area contributed by atoms with Gasteiger partial charge in [-0.2, -0.15) is 0 Å². The summed E-state index contributed by atoms with van der Waals surface area (Å²) in [6.45, 7) is 8.87. The Balaban J connectivity index is 2.08. The minimum Gasteiger partial charge on any atom is -0.508 e. The topological polar surface area (TPSA) is 137 Å². The fourth-order valence-electron chi connectivity index (χ4n) is 4.13. The lowest BCUT2D eigenvalue weighted by Crippen LogP contribution is -2.37. The number of phenolic OH excluding ortho intramolecular Hbond substituents is 3. The number of aliphatic hydroxyl groups excluding tert-OH is 1. The molecule has 0 bridgehead atoms. The fraction of sp³-hybridized carbons (Fsp3) is 0.423. The maximum atomic E-state index is 13.0. The van der Waals surface area contributed by atoms with Crippen LogP contribution in [0.4, 0.5) is 0 Å². The van der Waals surface area contributed by atoms with Gasteiger partial charge in [-0.05, 0) is 51.7 Å². The van der Waals surface area contributed by atoms with Crippen molar-refractivity contribution in [3.8, 4) is 28.7 Å². The summed E-state index contributed by atoms with van der Waals surface area (Å²) in [5.41, 5.74) is 0.275. The summed E-state index contributed by atoms with van der Waals surface area (Å²) in [6.07, 6.45) is -1.54. The van der Waals surface area contributed by atoms with E-state index in [0.717, 1.165) is 11.6 Å². The molecule has 0 radical (unpaired) electrons. The van der Waals surface area contributed by atoms with Gasteiger partial charge in [0.1, 0.15) is 40.4 Å². The number of carbonyl (C=O) groups excluding carboxylic acids is 1. The van der Waals surface area contributed by atoms with Crippen LogP contribution in [0.1, 0.15) is 61.2 Å². The van der Waals surface area contributed by atoms with E-state index in [-0.39, 0.29) is 59.5 Å². The Bertz CT molecular complexity index is 1100. The molecule has 0 aliphatic carbocycles. The van der Waals surface area contributed by atoms with E-state index < -0.39 is 17.8 Å². The first-order valence-corrected chi connectivity index (χ1v) is 11.0. The van der Waals surface area contributed by atoms with Gasteiger partial charge < -0.3 is 35.0 Å². The van der Waals surface area contributed by atoms with Crippen molar-refractivity contribution in [1.82, 2.24) is 0 Å². The van der Waals surface area contributed by atoms with Gasteiger partial charge in [0.15, 0.2) is 5.78 Å². The van der Waals surface area contributed by atoms with E-state index in [1.54, 1.807) is 0 Å². The van der Waals surface area contributed by atoms with Crippen molar-refractivity contribution in [2.24, 2.45) is 5.92 Å². The molecular weight excluding hydrogens is 440 g/mol. The molecule has 2 aromatic rings. The first-order valence-electron chi connectivity index (χ1n) is 11.0. The Morgan fingerprint density at radius 3 is 2.47 bits per heavy atom. The zero-order valence-corrected chi connectivity index (χ0v) is 19.8. The Kier molecular flexibility index (Phi) is 7.14. The molecule has 1 aliphatic heterocycles. The number of methoxy groups -OCH3 is 1. The monoisotopic (exact) mass is 472 g/mol. The van der Waals surface area contributed by atoms with Gasteiger partial charge in [-0.25, -0.2) is 0 Å². The molecule has 0 amide bonds. The van der Waals surface area contributed by atoms with Gasteiger partial charge >= 0.3 is 0 Å². The fourth-order valence-corrected chi connectivity index (χ4v) is 4.13. The number of ketones is 1. The predicted octanol–water partition coefficient (Wildman–Crippen LogP) is 3.78. The summed E-state index contributed by atoms with van der Waals surface area (Å²) in [6, 6.07) is 5.38. The van der Waals surface area contributed by atoms with E-state index in [4.69, 9.17) is 9.47 Å². The number of aromatic hydroxyl groups is 3. The van der Waals surface area contributed by atoms with Crippen molar-refractivity contribution in [2.75, 3.05) is 7.11 Å². The molecule has 0 fully saturated rings. The third-order valence-corrected chi connectivity index (χ3v) is 6.28. The number of hydrogen-bond donors (Lipinski definition) is 5. The van der Waals surface area contributed by atoms with Crippen LogP contribution >= 0.6 is 0 Å². The number of Topliss-reactive ketones (excluding diaryl/α,β-unsaturated/α-hetero) is 1. The molecule has 8 nitrogen and oxygen atoms in total. The number of hydrogen-bond acceptors (Lipinski definition) is 8. The predicted molar refractivity (Wildman–Crippen MR) is 126 cm³/mol. The highest BCUT2D eigenvalue weighted by Crippen LogP contribution is 2.48. The minimum atomic E-state index is -1.32. The number of fused-ring (bicyclic) bond motifs is 1. The molecule has 3 rings (SSSR count). The van der Waals surface area contributed by atoms with Crippen LogP contribution in [0.15, 0.2) is 36.4 Å². The lowest BCUT2D eigenvalue weighted by Gasteiger charge is -2.32. The molecule has 34 heavy (non-hydrogen) atoms. The summed E-state index contributed by atoms with van der Waals surface area (Å²) in [5, 5.41) is 51.2. The van der Waals surface area contributed by atoms with Crippen LogP contribution in [0.25, 0.3) is 0 Å². The molecule has 5 N–H and O–H groups in total. The Morgan fingerprint density at radius 1 is 1.24 bits per heavy atom. The molecule has 1 heterocycles. The number of allylic oxidation sites excluding steroid dienone is 1. The molecule has 3 atom stereocenters. The summed E-state index contributed by atoms with van der Waals surface area (Å²) >= 11 is 0. The zero-order chi connectivity index (χ0) is 25.4. The van der Waals surface area contributed by atoms with Crippen molar-refractivity contribution < 1.29 is 39.8 Å². The van der Waals surface area contributed by atoms with E-state index in [1.165, 1.54) is 39.2 Å². The molecule has 8 heteroatoms. The third kappa shape index (κ3) is 5.13. The molecule has 184 valence electrons. The first-order chi connectivity index (χ1) is 15.8. The second-order valence-electron chi connectivity index (χ2n) is 9.41. The van der Waals surface area contributed by atoms with Crippen molar-refractivity contribution >= 4 is 5.78 Å². The second kappa shape index (κ2) is 9.56. The summed E-state index contributed by atoms with van der Waals surface area (Å²) in [5.74, 6) is -0.870. The highest BCUT2D eigenvalue weighted by molar-refractivity contribution is 6.03. The van der Waals surface area contributed by atoms with Crippen molar-refractivity contribution in [1.29, 1.82) is 0 Å². The average Bonchev–Trinajstić information content (AvgIpc) is 2.73. The molecule has 0 aromatic heterocycles. The number of rotatable bonds is 8. The molecule has 2 unspecified atom stereocenters. The molecule has 2 aromatic carbocycles. The van der Waals surface area contributed by atoms with E-state index in [1.807, 2.05) is 6.92 Å². The first kappa shape index (κ1) is 25.4. The summed E-state index contributed by atoms with van der Waals surface area (Å²) < 4.78 is 11.7.